The molecule has 4 rings (SSSR count). The zero-order valence-corrected chi connectivity index (χ0v) is 18.9. The fourth-order valence-corrected chi connectivity index (χ4v) is 4.42. The number of aromatic nitrogens is 1. The Kier molecular flexibility index (Phi) is 6.65. The number of hydrogen-bond acceptors (Lipinski definition) is 5. The Labute approximate surface area is 194 Å². The third-order valence-electron chi connectivity index (χ3n) is 5.06. The summed E-state index contributed by atoms with van der Waals surface area (Å²) in [5.41, 5.74) is 1.59. The molecule has 4 aromatic rings. The minimum Gasteiger partial charge on any atom is -0.467 e. The number of rotatable bonds is 7. The van der Waals surface area contributed by atoms with Crippen molar-refractivity contribution in [1.82, 2.24) is 10.3 Å². The highest BCUT2D eigenvalue weighted by atomic mass is 32.1. The van der Waals surface area contributed by atoms with Crippen LogP contribution in [-0.2, 0) is 11.3 Å². The molecule has 1 atom stereocenters. The fraction of sp³-hybridized carbons (Fsp3) is 0.160. The second-order valence-electron chi connectivity index (χ2n) is 7.41. The average molecular weight is 464 g/mol. The molecule has 0 saturated carbocycles. The van der Waals surface area contributed by atoms with Crippen LogP contribution < -0.4 is 10.2 Å². The number of nitrogens with zero attached hydrogens (tertiary/aromatic N) is 2. The number of carbonyl (C=O) groups excluding carboxylic acids is 2. The highest BCUT2D eigenvalue weighted by Crippen LogP contribution is 2.32. The minimum absolute atomic E-state index is 0.166. The molecular weight excluding hydrogens is 441 g/mol. The Morgan fingerprint density at radius 2 is 1.79 bits per heavy atom. The molecule has 2 aromatic heterocycles. The molecule has 33 heavy (non-hydrogen) atoms. The first-order valence-electron chi connectivity index (χ1n) is 10.3. The van der Waals surface area contributed by atoms with Crippen LogP contribution in [0.1, 0.15) is 37.7 Å². The lowest BCUT2D eigenvalue weighted by atomic mass is 10.0. The van der Waals surface area contributed by atoms with Gasteiger partial charge in [-0.05, 0) is 55.8 Å². The lowest BCUT2D eigenvalue weighted by Crippen LogP contribution is -2.44. The van der Waals surface area contributed by atoms with Crippen LogP contribution in [0.15, 0.2) is 77.4 Å². The van der Waals surface area contributed by atoms with Crippen molar-refractivity contribution in [2.75, 3.05) is 4.90 Å². The molecule has 168 valence electrons. The van der Waals surface area contributed by atoms with Gasteiger partial charge < -0.3 is 9.73 Å². The van der Waals surface area contributed by atoms with Gasteiger partial charge in [0.15, 0.2) is 0 Å². The SMILES string of the molecule is Cc1nc(C)c(C(=O)N(c2ccc(F)cc2)[C@H](C(=O)NCc2ccco2)c2ccccc2)s1. The molecule has 0 bridgehead atoms. The van der Waals surface area contributed by atoms with Crippen molar-refractivity contribution in [1.29, 1.82) is 0 Å². The Balaban J connectivity index is 1.79. The molecule has 8 heteroatoms. The summed E-state index contributed by atoms with van der Waals surface area (Å²) >= 11 is 1.26. The van der Waals surface area contributed by atoms with E-state index in [-0.39, 0.29) is 12.5 Å². The van der Waals surface area contributed by atoms with E-state index in [9.17, 15) is 14.0 Å². The van der Waals surface area contributed by atoms with Crippen LogP contribution >= 0.6 is 11.3 Å². The van der Waals surface area contributed by atoms with E-state index in [1.54, 1.807) is 43.3 Å². The summed E-state index contributed by atoms with van der Waals surface area (Å²) in [5, 5.41) is 3.60. The van der Waals surface area contributed by atoms with Crippen molar-refractivity contribution in [3.05, 3.63) is 106 Å². The van der Waals surface area contributed by atoms with E-state index < -0.39 is 17.8 Å². The molecule has 1 N–H and O–H groups in total. The van der Waals surface area contributed by atoms with Gasteiger partial charge >= 0.3 is 0 Å². The summed E-state index contributed by atoms with van der Waals surface area (Å²) in [6.07, 6.45) is 1.53. The number of benzene rings is 2. The van der Waals surface area contributed by atoms with Crippen LogP contribution in [0.4, 0.5) is 10.1 Å². The fourth-order valence-electron chi connectivity index (χ4n) is 3.56. The highest BCUT2D eigenvalue weighted by Gasteiger charge is 2.35. The summed E-state index contributed by atoms with van der Waals surface area (Å²) in [4.78, 5) is 33.5. The molecule has 6 nitrogen and oxygen atoms in total. The molecule has 2 aromatic carbocycles. The first kappa shape index (κ1) is 22.4. The normalized spacial score (nSPS) is 11.7. The predicted octanol–water partition coefficient (Wildman–Crippen LogP) is 5.20. The van der Waals surface area contributed by atoms with Crippen LogP contribution in [0, 0.1) is 19.7 Å². The molecule has 0 radical (unpaired) electrons. The molecule has 0 aliphatic carbocycles. The summed E-state index contributed by atoms with van der Waals surface area (Å²) in [6.45, 7) is 3.74. The quantitative estimate of drug-likeness (QED) is 0.409. The number of amides is 2. The van der Waals surface area contributed by atoms with Gasteiger partial charge in [-0.2, -0.15) is 0 Å². The van der Waals surface area contributed by atoms with Crippen molar-refractivity contribution < 1.29 is 18.4 Å². The molecule has 0 unspecified atom stereocenters. The number of anilines is 1. The van der Waals surface area contributed by atoms with E-state index >= 15 is 0 Å². The summed E-state index contributed by atoms with van der Waals surface area (Å²) in [7, 11) is 0. The number of aryl methyl sites for hydroxylation is 2. The summed E-state index contributed by atoms with van der Waals surface area (Å²) in [5.74, 6) is -0.626. The van der Waals surface area contributed by atoms with Gasteiger partial charge in [-0.1, -0.05) is 30.3 Å². The third-order valence-corrected chi connectivity index (χ3v) is 6.12. The number of hydrogen-bond donors (Lipinski definition) is 1. The van der Waals surface area contributed by atoms with Crippen molar-refractivity contribution >= 4 is 28.8 Å². The van der Waals surface area contributed by atoms with Crippen molar-refractivity contribution in [2.24, 2.45) is 0 Å². The molecule has 0 fully saturated rings. The zero-order valence-electron chi connectivity index (χ0n) is 18.1. The number of nitrogens with one attached hydrogen (secondary N) is 1. The number of halogens is 1. The maximum Gasteiger partial charge on any atom is 0.271 e. The minimum atomic E-state index is -0.999. The van der Waals surface area contributed by atoms with Gasteiger partial charge in [0, 0.05) is 5.69 Å². The van der Waals surface area contributed by atoms with Gasteiger partial charge in [0.25, 0.3) is 5.91 Å². The molecule has 0 aliphatic rings. The van der Waals surface area contributed by atoms with E-state index in [4.69, 9.17) is 4.42 Å². The standard InChI is InChI=1S/C25H22FN3O3S/c1-16-23(33-17(2)28-16)25(31)29(20-12-10-19(26)11-13-20)22(18-7-4-3-5-8-18)24(30)27-15-21-9-6-14-32-21/h3-14,22H,15H2,1-2H3,(H,27,30)/t22-/m0/s1. The van der Waals surface area contributed by atoms with E-state index in [0.717, 1.165) is 5.01 Å². The maximum atomic E-state index is 13.8. The first-order valence-corrected chi connectivity index (χ1v) is 11.1. The van der Waals surface area contributed by atoms with Gasteiger partial charge in [-0.25, -0.2) is 9.37 Å². The van der Waals surface area contributed by atoms with Gasteiger partial charge in [-0.3, -0.25) is 14.5 Å². The molecule has 0 aliphatic heterocycles. The monoisotopic (exact) mass is 463 g/mol. The van der Waals surface area contributed by atoms with Crippen LogP contribution in [0.2, 0.25) is 0 Å². The van der Waals surface area contributed by atoms with Gasteiger partial charge in [0.05, 0.1) is 23.5 Å². The Morgan fingerprint density at radius 1 is 1.06 bits per heavy atom. The van der Waals surface area contributed by atoms with Crippen LogP contribution in [0.25, 0.3) is 0 Å². The van der Waals surface area contributed by atoms with Gasteiger partial charge in [-0.15, -0.1) is 11.3 Å². The summed E-state index contributed by atoms with van der Waals surface area (Å²) < 4.78 is 19.0. The molecule has 2 amide bonds. The smallest absolute Gasteiger partial charge is 0.271 e. The molecular formula is C25H22FN3O3S. The lowest BCUT2D eigenvalue weighted by Gasteiger charge is -2.31. The third kappa shape index (κ3) is 5.01. The lowest BCUT2D eigenvalue weighted by molar-refractivity contribution is -0.122. The second kappa shape index (κ2) is 9.79. The molecule has 0 spiro atoms. The number of thiazole rings is 1. The van der Waals surface area contributed by atoms with Crippen LogP contribution in [-0.4, -0.2) is 16.8 Å². The zero-order chi connectivity index (χ0) is 23.4. The Bertz CT molecular complexity index is 1240. The predicted molar refractivity (Wildman–Crippen MR) is 125 cm³/mol. The molecule has 0 saturated heterocycles. The maximum absolute atomic E-state index is 13.8. The Hall–Kier alpha value is -3.78. The van der Waals surface area contributed by atoms with E-state index in [1.807, 2.05) is 13.0 Å². The van der Waals surface area contributed by atoms with E-state index in [1.165, 1.54) is 46.8 Å². The Morgan fingerprint density at radius 3 is 2.39 bits per heavy atom. The highest BCUT2D eigenvalue weighted by molar-refractivity contribution is 7.13. The topological polar surface area (TPSA) is 75.4 Å². The van der Waals surface area contributed by atoms with Crippen molar-refractivity contribution in [2.45, 2.75) is 26.4 Å². The first-order chi connectivity index (χ1) is 15.9. The van der Waals surface area contributed by atoms with Crippen molar-refractivity contribution in [3.8, 4) is 0 Å². The number of carbonyl (C=O) groups is 2. The average Bonchev–Trinajstić information content (AvgIpc) is 3.45. The van der Waals surface area contributed by atoms with Crippen molar-refractivity contribution in [3.63, 3.8) is 0 Å². The largest absolute Gasteiger partial charge is 0.467 e. The van der Waals surface area contributed by atoms with E-state index in [0.29, 0.717) is 27.6 Å². The van der Waals surface area contributed by atoms with Crippen LogP contribution in [0.5, 0.6) is 0 Å². The molecule has 2 heterocycles. The van der Waals surface area contributed by atoms with E-state index in [2.05, 4.69) is 10.3 Å². The van der Waals surface area contributed by atoms with Gasteiger partial charge in [0.2, 0.25) is 5.91 Å². The summed E-state index contributed by atoms with van der Waals surface area (Å²) in [6, 6.07) is 17.0. The van der Waals surface area contributed by atoms with Gasteiger partial charge in [0.1, 0.15) is 22.5 Å². The second-order valence-corrected chi connectivity index (χ2v) is 8.61. The number of furan rings is 1. The van der Waals surface area contributed by atoms with Crippen LogP contribution in [0.3, 0.4) is 0 Å².